The molecule has 0 aromatic heterocycles. The number of rotatable bonds is 6. The van der Waals surface area contributed by atoms with Crippen molar-refractivity contribution in [2.24, 2.45) is 0 Å². The lowest BCUT2D eigenvalue weighted by Gasteiger charge is -2.16. The predicted octanol–water partition coefficient (Wildman–Crippen LogP) is 3.08. The van der Waals surface area contributed by atoms with Gasteiger partial charge >= 0.3 is 6.03 Å². The van der Waals surface area contributed by atoms with Crippen LogP contribution < -0.4 is 10.6 Å². The first-order valence-corrected chi connectivity index (χ1v) is 8.25. The van der Waals surface area contributed by atoms with E-state index in [1.807, 2.05) is 13.2 Å². The van der Waals surface area contributed by atoms with E-state index in [4.69, 9.17) is 23.2 Å². The molecule has 2 amide bonds. The van der Waals surface area contributed by atoms with E-state index in [1.54, 1.807) is 30.0 Å². The van der Waals surface area contributed by atoms with Crippen LogP contribution >= 0.6 is 35.0 Å². The normalized spacial score (nSPS) is 13.7. The van der Waals surface area contributed by atoms with Crippen LogP contribution in [0.3, 0.4) is 0 Å². The number of carbonyl (C=O) groups excluding carboxylic acids is 1. The molecule has 0 saturated carbocycles. The summed E-state index contributed by atoms with van der Waals surface area (Å²) >= 11 is 13.4. The Morgan fingerprint density at radius 2 is 2.15 bits per heavy atom. The third-order valence-electron chi connectivity index (χ3n) is 2.57. The van der Waals surface area contributed by atoms with E-state index in [0.717, 1.165) is 5.75 Å². The largest absolute Gasteiger partial charge is 0.387 e. The zero-order valence-electron chi connectivity index (χ0n) is 11.3. The lowest BCUT2D eigenvalue weighted by atomic mass is 10.1. The third kappa shape index (κ3) is 5.79. The number of nitrogens with one attached hydrogen (secondary N) is 2. The molecule has 1 aromatic rings. The second-order valence-corrected chi connectivity index (χ2v) is 6.15. The Labute approximate surface area is 133 Å². The van der Waals surface area contributed by atoms with Gasteiger partial charge in [-0.2, -0.15) is 11.8 Å². The van der Waals surface area contributed by atoms with Gasteiger partial charge in [0.2, 0.25) is 0 Å². The fraction of sp³-hybridized carbons (Fsp3) is 0.462. The molecule has 7 heteroatoms. The summed E-state index contributed by atoms with van der Waals surface area (Å²) in [7, 11) is 0. The molecule has 0 aliphatic carbocycles. The molecule has 1 aromatic carbocycles. The summed E-state index contributed by atoms with van der Waals surface area (Å²) in [5.41, 5.74) is 0.536. The highest BCUT2D eigenvalue weighted by atomic mass is 35.5. The standard InChI is InChI=1S/C13H18Cl2N2O2S/c1-8(7-20-2)17-13(19)16-6-12(18)10-4-3-9(14)5-11(10)15/h3-5,8,12,18H,6-7H2,1-2H3,(H2,16,17,19). The van der Waals surface area contributed by atoms with Gasteiger partial charge in [0.15, 0.2) is 0 Å². The second kappa shape index (κ2) is 8.62. The smallest absolute Gasteiger partial charge is 0.315 e. The summed E-state index contributed by atoms with van der Waals surface area (Å²) in [6.07, 6.45) is 1.10. The molecule has 2 unspecified atom stereocenters. The van der Waals surface area contributed by atoms with Gasteiger partial charge in [-0.1, -0.05) is 29.3 Å². The minimum atomic E-state index is -0.874. The molecule has 0 aliphatic rings. The summed E-state index contributed by atoms with van der Waals surface area (Å²) in [5, 5.41) is 16.3. The van der Waals surface area contributed by atoms with Gasteiger partial charge in [-0.25, -0.2) is 4.79 Å². The van der Waals surface area contributed by atoms with Gasteiger partial charge in [0.05, 0.1) is 6.10 Å². The minimum absolute atomic E-state index is 0.0706. The van der Waals surface area contributed by atoms with E-state index in [0.29, 0.717) is 15.6 Å². The maximum absolute atomic E-state index is 11.6. The van der Waals surface area contributed by atoms with Crippen molar-refractivity contribution < 1.29 is 9.90 Å². The first-order valence-electron chi connectivity index (χ1n) is 6.10. The molecule has 0 radical (unpaired) electrons. The van der Waals surface area contributed by atoms with E-state index in [-0.39, 0.29) is 18.6 Å². The number of amides is 2. The van der Waals surface area contributed by atoms with E-state index in [2.05, 4.69) is 10.6 Å². The number of halogens is 2. The molecule has 0 saturated heterocycles. The molecule has 112 valence electrons. The van der Waals surface area contributed by atoms with Gasteiger partial charge < -0.3 is 15.7 Å². The van der Waals surface area contributed by atoms with Crippen molar-refractivity contribution in [3.05, 3.63) is 33.8 Å². The van der Waals surface area contributed by atoms with Crippen LogP contribution in [0.5, 0.6) is 0 Å². The summed E-state index contributed by atoms with van der Waals surface area (Å²) in [5.74, 6) is 0.832. The molecule has 3 N–H and O–H groups in total. The van der Waals surface area contributed by atoms with Crippen LogP contribution in [0.25, 0.3) is 0 Å². The topological polar surface area (TPSA) is 61.4 Å². The molecule has 0 aliphatic heterocycles. The third-order valence-corrected chi connectivity index (χ3v) is 3.97. The van der Waals surface area contributed by atoms with Crippen LogP contribution in [0.4, 0.5) is 4.79 Å². The molecule has 2 atom stereocenters. The summed E-state index contributed by atoms with van der Waals surface area (Å²) < 4.78 is 0. The van der Waals surface area contributed by atoms with Crippen LogP contribution in [0.2, 0.25) is 10.0 Å². The fourth-order valence-corrected chi connectivity index (χ4v) is 2.76. The van der Waals surface area contributed by atoms with Crippen molar-refractivity contribution in [2.75, 3.05) is 18.6 Å². The number of aliphatic hydroxyl groups is 1. The minimum Gasteiger partial charge on any atom is -0.387 e. The van der Waals surface area contributed by atoms with Crippen LogP contribution in [-0.4, -0.2) is 35.7 Å². The zero-order chi connectivity index (χ0) is 15.1. The molecule has 0 bridgehead atoms. The SMILES string of the molecule is CSCC(C)NC(=O)NCC(O)c1ccc(Cl)cc1Cl. The molecule has 0 heterocycles. The summed E-state index contributed by atoms with van der Waals surface area (Å²) in [6.45, 7) is 2.00. The van der Waals surface area contributed by atoms with Gasteiger partial charge in [0, 0.05) is 33.9 Å². The molecular weight excluding hydrogens is 319 g/mol. The maximum Gasteiger partial charge on any atom is 0.315 e. The number of hydrogen-bond acceptors (Lipinski definition) is 3. The second-order valence-electron chi connectivity index (χ2n) is 4.39. The van der Waals surface area contributed by atoms with E-state index in [9.17, 15) is 9.90 Å². The maximum atomic E-state index is 11.6. The van der Waals surface area contributed by atoms with Crippen LogP contribution in [0, 0.1) is 0 Å². The van der Waals surface area contributed by atoms with E-state index in [1.165, 1.54) is 0 Å². The predicted molar refractivity (Wildman–Crippen MR) is 85.8 cm³/mol. The lowest BCUT2D eigenvalue weighted by molar-refractivity contribution is 0.173. The van der Waals surface area contributed by atoms with E-state index >= 15 is 0 Å². The average molecular weight is 337 g/mol. The van der Waals surface area contributed by atoms with Crippen molar-refractivity contribution in [3.63, 3.8) is 0 Å². The fourth-order valence-electron chi connectivity index (χ4n) is 1.64. The molecule has 1 rings (SSSR count). The van der Waals surface area contributed by atoms with Crippen LogP contribution in [0.1, 0.15) is 18.6 Å². The van der Waals surface area contributed by atoms with Crippen molar-refractivity contribution in [1.82, 2.24) is 10.6 Å². The average Bonchev–Trinajstić information content (AvgIpc) is 2.36. The quantitative estimate of drug-likeness (QED) is 0.748. The molecule has 20 heavy (non-hydrogen) atoms. The monoisotopic (exact) mass is 336 g/mol. The lowest BCUT2D eigenvalue weighted by Crippen LogP contribution is -2.43. The number of thioether (sulfide) groups is 1. The molecule has 0 spiro atoms. The summed E-state index contributed by atoms with van der Waals surface area (Å²) in [6, 6.07) is 4.61. The van der Waals surface area contributed by atoms with Crippen LogP contribution in [-0.2, 0) is 0 Å². The van der Waals surface area contributed by atoms with Crippen molar-refractivity contribution in [2.45, 2.75) is 19.1 Å². The first kappa shape index (κ1) is 17.4. The Balaban J connectivity index is 2.46. The van der Waals surface area contributed by atoms with Crippen molar-refractivity contribution in [1.29, 1.82) is 0 Å². The molecular formula is C13H18Cl2N2O2S. The first-order chi connectivity index (χ1) is 9.43. The Morgan fingerprint density at radius 3 is 2.75 bits per heavy atom. The number of benzene rings is 1. The van der Waals surface area contributed by atoms with E-state index < -0.39 is 6.10 Å². The van der Waals surface area contributed by atoms with Crippen LogP contribution in [0.15, 0.2) is 18.2 Å². The highest BCUT2D eigenvalue weighted by molar-refractivity contribution is 7.98. The Morgan fingerprint density at radius 1 is 1.45 bits per heavy atom. The van der Waals surface area contributed by atoms with Gasteiger partial charge in [-0.15, -0.1) is 0 Å². The van der Waals surface area contributed by atoms with Crippen molar-refractivity contribution in [3.8, 4) is 0 Å². The summed E-state index contributed by atoms with van der Waals surface area (Å²) in [4.78, 5) is 11.6. The van der Waals surface area contributed by atoms with Gasteiger partial charge in [0.1, 0.15) is 0 Å². The highest BCUT2D eigenvalue weighted by Gasteiger charge is 2.14. The number of aliphatic hydroxyl groups excluding tert-OH is 1. The van der Waals surface area contributed by atoms with Gasteiger partial charge in [-0.05, 0) is 25.3 Å². The zero-order valence-corrected chi connectivity index (χ0v) is 13.6. The Kier molecular flexibility index (Phi) is 7.51. The Hall–Kier alpha value is -0.620. The molecule has 0 fully saturated rings. The number of carbonyl (C=O) groups is 1. The van der Waals surface area contributed by atoms with Gasteiger partial charge in [0.25, 0.3) is 0 Å². The highest BCUT2D eigenvalue weighted by Crippen LogP contribution is 2.25. The van der Waals surface area contributed by atoms with Gasteiger partial charge in [-0.3, -0.25) is 0 Å². The molecule has 4 nitrogen and oxygen atoms in total. The van der Waals surface area contributed by atoms with Crippen molar-refractivity contribution >= 4 is 41.0 Å². The number of hydrogen-bond donors (Lipinski definition) is 3. The number of urea groups is 1. The Bertz CT molecular complexity index is 460.